The van der Waals surface area contributed by atoms with Crippen LogP contribution in [0, 0.1) is 11.8 Å². The zero-order valence-electron chi connectivity index (χ0n) is 11.7. The molecule has 0 radical (unpaired) electrons. The first kappa shape index (κ1) is 14.2. The highest BCUT2D eigenvalue weighted by molar-refractivity contribution is 6.34. The van der Waals surface area contributed by atoms with Gasteiger partial charge in [-0.15, -0.1) is 0 Å². The molecule has 19 heavy (non-hydrogen) atoms. The van der Waals surface area contributed by atoms with Crippen LogP contribution in [0.4, 0.5) is 5.69 Å². The van der Waals surface area contributed by atoms with E-state index in [-0.39, 0.29) is 11.9 Å². The number of piperidine rings is 1. The molecule has 2 N–H and O–H groups in total. The predicted molar refractivity (Wildman–Crippen MR) is 79.3 cm³/mol. The molecule has 1 aromatic rings. The first-order valence-corrected chi connectivity index (χ1v) is 7.14. The maximum atomic E-state index is 12.6. The lowest BCUT2D eigenvalue weighted by atomic mass is 9.85. The molecular formula is C15H21ClN2O. The van der Waals surface area contributed by atoms with Crippen LogP contribution >= 0.6 is 11.6 Å². The third-order valence-corrected chi connectivity index (χ3v) is 4.39. The van der Waals surface area contributed by atoms with Crippen molar-refractivity contribution in [3.05, 3.63) is 28.8 Å². The molecule has 4 heteroatoms. The molecule has 3 unspecified atom stereocenters. The number of halogens is 1. The molecule has 1 amide bonds. The van der Waals surface area contributed by atoms with Gasteiger partial charge in [-0.1, -0.05) is 25.4 Å². The largest absolute Gasteiger partial charge is 0.399 e. The number of likely N-dealkylation sites (tertiary alicyclic amines) is 1. The number of rotatable bonds is 1. The average molecular weight is 281 g/mol. The molecule has 3 nitrogen and oxygen atoms in total. The summed E-state index contributed by atoms with van der Waals surface area (Å²) < 4.78 is 0. The van der Waals surface area contributed by atoms with E-state index >= 15 is 0 Å². The molecule has 0 aromatic heterocycles. The molecule has 1 aliphatic heterocycles. The van der Waals surface area contributed by atoms with E-state index in [4.69, 9.17) is 17.3 Å². The lowest BCUT2D eigenvalue weighted by Crippen LogP contribution is -2.48. The monoisotopic (exact) mass is 280 g/mol. The van der Waals surface area contributed by atoms with Crippen LogP contribution in [0.5, 0.6) is 0 Å². The molecule has 0 spiro atoms. The smallest absolute Gasteiger partial charge is 0.255 e. The Morgan fingerprint density at radius 1 is 1.37 bits per heavy atom. The number of nitrogens with zero attached hydrogens (tertiary/aromatic N) is 1. The van der Waals surface area contributed by atoms with Gasteiger partial charge < -0.3 is 10.6 Å². The quantitative estimate of drug-likeness (QED) is 0.801. The lowest BCUT2D eigenvalue weighted by Gasteiger charge is -2.41. The van der Waals surface area contributed by atoms with Gasteiger partial charge in [0.25, 0.3) is 5.91 Å². The van der Waals surface area contributed by atoms with Gasteiger partial charge in [-0.05, 0) is 43.4 Å². The third-order valence-electron chi connectivity index (χ3n) is 4.08. The van der Waals surface area contributed by atoms with Crippen molar-refractivity contribution in [2.24, 2.45) is 11.8 Å². The van der Waals surface area contributed by atoms with Crippen molar-refractivity contribution in [1.82, 2.24) is 4.90 Å². The Morgan fingerprint density at radius 2 is 2.05 bits per heavy atom. The van der Waals surface area contributed by atoms with E-state index in [0.717, 1.165) is 6.54 Å². The van der Waals surface area contributed by atoms with Gasteiger partial charge >= 0.3 is 0 Å². The molecule has 3 atom stereocenters. The molecule has 1 aromatic carbocycles. The Hall–Kier alpha value is -1.22. The van der Waals surface area contributed by atoms with Gasteiger partial charge in [-0.3, -0.25) is 4.79 Å². The van der Waals surface area contributed by atoms with E-state index in [1.807, 2.05) is 4.90 Å². The molecule has 1 aliphatic rings. The maximum Gasteiger partial charge on any atom is 0.255 e. The normalized spacial score (nSPS) is 27.4. The summed E-state index contributed by atoms with van der Waals surface area (Å²) in [5, 5.41) is 0.433. The SMILES string of the molecule is CC1CC(C)C(C)N(C(=O)c2ccc(N)cc2Cl)C1. The van der Waals surface area contributed by atoms with Gasteiger partial charge in [0.2, 0.25) is 0 Å². The molecule has 1 fully saturated rings. The van der Waals surface area contributed by atoms with Gasteiger partial charge in [-0.2, -0.15) is 0 Å². The van der Waals surface area contributed by atoms with Crippen molar-refractivity contribution in [2.75, 3.05) is 12.3 Å². The predicted octanol–water partition coefficient (Wildman–Crippen LogP) is 3.43. The standard InChI is InChI=1S/C15H21ClN2O/c1-9-6-10(2)11(3)18(8-9)15(19)13-5-4-12(17)7-14(13)16/h4-5,7,9-11H,6,8,17H2,1-3H3. The Bertz CT molecular complexity index is 489. The van der Waals surface area contributed by atoms with Crippen LogP contribution in [0.15, 0.2) is 18.2 Å². The van der Waals surface area contributed by atoms with Crippen LogP contribution in [0.2, 0.25) is 5.02 Å². The first-order chi connectivity index (χ1) is 8.90. The van der Waals surface area contributed by atoms with Crippen LogP contribution in [0.25, 0.3) is 0 Å². The Kier molecular flexibility index (Phi) is 4.04. The van der Waals surface area contributed by atoms with E-state index in [9.17, 15) is 4.79 Å². The summed E-state index contributed by atoms with van der Waals surface area (Å²) in [4.78, 5) is 14.6. The van der Waals surface area contributed by atoms with E-state index in [0.29, 0.717) is 28.1 Å². The van der Waals surface area contributed by atoms with Crippen molar-refractivity contribution in [2.45, 2.75) is 33.2 Å². The zero-order valence-corrected chi connectivity index (χ0v) is 12.4. The highest BCUT2D eigenvalue weighted by Gasteiger charge is 2.32. The topological polar surface area (TPSA) is 46.3 Å². The minimum Gasteiger partial charge on any atom is -0.399 e. The van der Waals surface area contributed by atoms with Gasteiger partial charge in [-0.25, -0.2) is 0 Å². The van der Waals surface area contributed by atoms with Gasteiger partial charge in [0.05, 0.1) is 10.6 Å². The fraction of sp³-hybridized carbons (Fsp3) is 0.533. The summed E-state index contributed by atoms with van der Waals surface area (Å²) in [6.45, 7) is 7.29. The highest BCUT2D eigenvalue weighted by atomic mass is 35.5. The molecule has 104 valence electrons. The number of hydrogen-bond acceptors (Lipinski definition) is 2. The van der Waals surface area contributed by atoms with Crippen molar-refractivity contribution >= 4 is 23.2 Å². The van der Waals surface area contributed by atoms with Crippen molar-refractivity contribution in [3.8, 4) is 0 Å². The number of nitrogens with two attached hydrogens (primary N) is 1. The molecule has 0 aliphatic carbocycles. The molecule has 1 saturated heterocycles. The minimum atomic E-state index is 0.0101. The summed E-state index contributed by atoms with van der Waals surface area (Å²) in [6, 6.07) is 5.32. The average Bonchev–Trinajstić information content (AvgIpc) is 2.33. The maximum absolute atomic E-state index is 12.6. The summed E-state index contributed by atoms with van der Waals surface area (Å²) in [7, 11) is 0. The Balaban J connectivity index is 2.27. The molecular weight excluding hydrogens is 260 g/mol. The Morgan fingerprint density at radius 3 is 2.68 bits per heavy atom. The number of nitrogen functional groups attached to an aromatic ring is 1. The van der Waals surface area contributed by atoms with Crippen LogP contribution in [-0.4, -0.2) is 23.4 Å². The summed E-state index contributed by atoms with van der Waals surface area (Å²) in [5.74, 6) is 1.05. The molecule has 2 rings (SSSR count). The first-order valence-electron chi connectivity index (χ1n) is 6.76. The number of carbonyl (C=O) groups is 1. The second kappa shape index (κ2) is 5.41. The summed E-state index contributed by atoms with van der Waals surface area (Å²) in [5.41, 5.74) is 6.79. The number of benzene rings is 1. The van der Waals surface area contributed by atoms with Gasteiger partial charge in [0.15, 0.2) is 0 Å². The van der Waals surface area contributed by atoms with E-state index in [1.54, 1.807) is 18.2 Å². The number of hydrogen-bond donors (Lipinski definition) is 1. The fourth-order valence-electron chi connectivity index (χ4n) is 2.84. The molecule has 1 heterocycles. The second-order valence-corrected chi connectivity index (χ2v) is 6.16. The number of amides is 1. The number of carbonyl (C=O) groups excluding carboxylic acids is 1. The van der Waals surface area contributed by atoms with Crippen LogP contribution in [0.1, 0.15) is 37.6 Å². The third kappa shape index (κ3) is 2.86. The summed E-state index contributed by atoms with van der Waals surface area (Å²) >= 11 is 6.14. The van der Waals surface area contributed by atoms with Crippen LogP contribution in [0.3, 0.4) is 0 Å². The fourth-order valence-corrected chi connectivity index (χ4v) is 3.11. The van der Waals surface area contributed by atoms with Crippen LogP contribution < -0.4 is 5.73 Å². The van der Waals surface area contributed by atoms with Crippen molar-refractivity contribution in [1.29, 1.82) is 0 Å². The highest BCUT2D eigenvalue weighted by Crippen LogP contribution is 2.30. The van der Waals surface area contributed by atoms with E-state index < -0.39 is 0 Å². The summed E-state index contributed by atoms with van der Waals surface area (Å²) in [6.07, 6.45) is 1.17. The second-order valence-electron chi connectivity index (χ2n) is 5.76. The molecule has 0 bridgehead atoms. The minimum absolute atomic E-state index is 0.0101. The van der Waals surface area contributed by atoms with Gasteiger partial charge in [0.1, 0.15) is 0 Å². The van der Waals surface area contributed by atoms with Crippen molar-refractivity contribution < 1.29 is 4.79 Å². The lowest BCUT2D eigenvalue weighted by molar-refractivity contribution is 0.0456. The van der Waals surface area contributed by atoms with Crippen molar-refractivity contribution in [3.63, 3.8) is 0 Å². The zero-order chi connectivity index (χ0) is 14.2. The van der Waals surface area contributed by atoms with E-state index in [1.165, 1.54) is 6.42 Å². The Labute approximate surface area is 119 Å². The number of anilines is 1. The molecule has 0 saturated carbocycles. The van der Waals surface area contributed by atoms with E-state index in [2.05, 4.69) is 20.8 Å². The van der Waals surface area contributed by atoms with Crippen LogP contribution in [-0.2, 0) is 0 Å². The van der Waals surface area contributed by atoms with Gasteiger partial charge in [0, 0.05) is 18.3 Å².